The van der Waals surface area contributed by atoms with Crippen LogP contribution in [0.1, 0.15) is 16.7 Å². The van der Waals surface area contributed by atoms with Crippen LogP contribution in [0.2, 0.25) is 0 Å². The molecule has 0 saturated carbocycles. The van der Waals surface area contributed by atoms with E-state index >= 15 is 0 Å². The van der Waals surface area contributed by atoms with E-state index in [1.54, 1.807) is 0 Å². The topological polar surface area (TPSA) is 0 Å². The fourth-order valence-corrected chi connectivity index (χ4v) is 9.40. The Labute approximate surface area is 220 Å². The van der Waals surface area contributed by atoms with Crippen molar-refractivity contribution in [3.8, 4) is 11.5 Å². The van der Waals surface area contributed by atoms with Crippen LogP contribution < -0.4 is 15.6 Å². The maximum absolute atomic E-state index is 4.01. The van der Waals surface area contributed by atoms with Gasteiger partial charge in [-0.2, -0.15) is 0 Å². The zero-order valence-corrected chi connectivity index (χ0v) is 22.2. The smallest absolute Gasteiger partial charge is 0.109 e. The van der Waals surface area contributed by atoms with Crippen LogP contribution in [0.15, 0.2) is 133 Å². The molecule has 0 saturated heterocycles. The highest BCUT2D eigenvalue weighted by atomic mass is 28.3. The van der Waals surface area contributed by atoms with Gasteiger partial charge in [-0.15, -0.1) is 5.54 Å². The van der Waals surface area contributed by atoms with Gasteiger partial charge in [0.2, 0.25) is 8.07 Å². The van der Waals surface area contributed by atoms with E-state index in [1.807, 2.05) is 0 Å². The van der Waals surface area contributed by atoms with Crippen molar-refractivity contribution in [1.82, 2.24) is 0 Å². The molecule has 0 spiro atoms. The fraction of sp³-hybridized carbons (Fsp3) is 0.0556. The van der Waals surface area contributed by atoms with Crippen molar-refractivity contribution < 1.29 is 0 Å². The first kappa shape index (κ1) is 23.0. The van der Waals surface area contributed by atoms with E-state index in [9.17, 15) is 0 Å². The number of hydrogen-bond acceptors (Lipinski definition) is 0. The minimum Gasteiger partial charge on any atom is -0.109 e. The summed E-state index contributed by atoms with van der Waals surface area (Å²) in [6.45, 7) is 4.40. The van der Waals surface area contributed by atoms with E-state index < -0.39 is 8.07 Å². The lowest BCUT2D eigenvalue weighted by Gasteiger charge is -2.28. The third-order valence-electron chi connectivity index (χ3n) is 7.44. The molecule has 0 aliphatic rings. The molecule has 0 aromatic heterocycles. The molecule has 0 unspecified atom stereocenters. The Kier molecular flexibility index (Phi) is 5.97. The number of rotatable bonds is 3. The van der Waals surface area contributed by atoms with Crippen LogP contribution >= 0.6 is 0 Å². The van der Waals surface area contributed by atoms with Crippen molar-refractivity contribution in [2.75, 3.05) is 0 Å². The number of fused-ring (bicyclic) bond motifs is 2. The Balaban J connectivity index is 1.74. The molecule has 6 aromatic rings. The normalized spacial score (nSPS) is 11.3. The lowest BCUT2D eigenvalue weighted by molar-refractivity contribution is 1.48. The Hall–Kier alpha value is -4.38. The summed E-state index contributed by atoms with van der Waals surface area (Å²) >= 11 is 0. The molecule has 1 heteroatoms. The Morgan fingerprint density at radius 1 is 0.459 bits per heavy atom. The molecule has 37 heavy (non-hydrogen) atoms. The van der Waals surface area contributed by atoms with Gasteiger partial charge in [0, 0.05) is 5.56 Å². The SMILES string of the molecule is Cc1ccc2c(C#C[Si](c3ccccc3)(c3ccccc3)c3ccccc3)c3ccccc3c(C)c2c1. The molecule has 6 aromatic carbocycles. The third-order valence-corrected chi connectivity index (χ3v) is 11.5. The number of benzene rings is 6. The van der Waals surface area contributed by atoms with Gasteiger partial charge in [-0.25, -0.2) is 0 Å². The maximum atomic E-state index is 4.01. The molecule has 0 radical (unpaired) electrons. The van der Waals surface area contributed by atoms with E-state index in [4.69, 9.17) is 0 Å². The largest absolute Gasteiger partial charge is 0.230 e. The molecule has 0 fully saturated rings. The van der Waals surface area contributed by atoms with Crippen LogP contribution in [0, 0.1) is 25.3 Å². The number of hydrogen-bond donors (Lipinski definition) is 0. The van der Waals surface area contributed by atoms with Crippen molar-refractivity contribution in [3.63, 3.8) is 0 Å². The Bertz CT molecular complexity index is 1680. The highest BCUT2D eigenvalue weighted by molar-refractivity contribution is 7.16. The minimum atomic E-state index is -2.67. The van der Waals surface area contributed by atoms with Crippen molar-refractivity contribution in [1.29, 1.82) is 0 Å². The summed E-state index contributed by atoms with van der Waals surface area (Å²) in [4.78, 5) is 0. The van der Waals surface area contributed by atoms with E-state index in [0.29, 0.717) is 0 Å². The summed E-state index contributed by atoms with van der Waals surface area (Å²) in [6, 6.07) is 48.2. The maximum Gasteiger partial charge on any atom is 0.230 e. The molecule has 0 N–H and O–H groups in total. The lowest BCUT2D eigenvalue weighted by atomic mass is 9.92. The van der Waals surface area contributed by atoms with Gasteiger partial charge in [0.05, 0.1) is 0 Å². The average molecular weight is 489 g/mol. The van der Waals surface area contributed by atoms with Crippen molar-refractivity contribution >= 4 is 45.2 Å². The van der Waals surface area contributed by atoms with Crippen LogP contribution in [0.5, 0.6) is 0 Å². The van der Waals surface area contributed by atoms with Gasteiger partial charge in [-0.1, -0.05) is 145 Å². The molecule has 0 aliphatic carbocycles. The molecule has 0 aliphatic heterocycles. The number of aryl methyl sites for hydroxylation is 2. The van der Waals surface area contributed by atoms with Crippen LogP contribution in [-0.2, 0) is 0 Å². The molecular weight excluding hydrogens is 460 g/mol. The van der Waals surface area contributed by atoms with Gasteiger partial charge in [0.15, 0.2) is 0 Å². The average Bonchev–Trinajstić information content (AvgIpc) is 2.97. The molecule has 0 amide bonds. The third kappa shape index (κ3) is 3.97. The second-order valence-corrected chi connectivity index (χ2v) is 13.2. The van der Waals surface area contributed by atoms with E-state index in [1.165, 1.54) is 48.2 Å². The van der Waals surface area contributed by atoms with Gasteiger partial charge in [0.25, 0.3) is 0 Å². The summed E-state index contributed by atoms with van der Waals surface area (Å²) < 4.78 is 0. The highest BCUT2D eigenvalue weighted by Crippen LogP contribution is 2.32. The molecular formula is C36H28Si. The molecule has 176 valence electrons. The second-order valence-electron chi connectivity index (χ2n) is 9.69. The van der Waals surface area contributed by atoms with Crippen molar-refractivity contribution in [2.24, 2.45) is 0 Å². The molecule has 0 bridgehead atoms. The predicted octanol–water partition coefficient (Wildman–Crippen LogP) is 6.67. The fourth-order valence-electron chi connectivity index (χ4n) is 5.58. The van der Waals surface area contributed by atoms with E-state index in [0.717, 1.165) is 5.56 Å². The van der Waals surface area contributed by atoms with Gasteiger partial charge >= 0.3 is 0 Å². The standard InChI is InChI=1S/C36H28Si/c1-27-22-23-34-35(33-21-13-12-20-32(33)28(2)36(34)26-27)24-25-37(29-14-6-3-7-15-29,30-16-8-4-9-17-30)31-18-10-5-11-19-31/h3-23,26H,1-2H3. The van der Waals surface area contributed by atoms with Crippen molar-refractivity contribution in [3.05, 3.63) is 150 Å². The van der Waals surface area contributed by atoms with Crippen LogP contribution in [0.25, 0.3) is 21.5 Å². The summed E-state index contributed by atoms with van der Waals surface area (Å²) in [5, 5.41) is 8.92. The van der Waals surface area contributed by atoms with Crippen LogP contribution in [0.4, 0.5) is 0 Å². The zero-order valence-electron chi connectivity index (χ0n) is 21.2. The predicted molar refractivity (Wildman–Crippen MR) is 162 cm³/mol. The molecule has 0 nitrogen and oxygen atoms in total. The first-order valence-corrected chi connectivity index (χ1v) is 14.8. The summed E-state index contributed by atoms with van der Waals surface area (Å²) in [6.07, 6.45) is 0. The summed E-state index contributed by atoms with van der Waals surface area (Å²) in [7, 11) is -2.67. The monoisotopic (exact) mass is 488 g/mol. The van der Waals surface area contributed by atoms with Gasteiger partial charge < -0.3 is 0 Å². The first-order chi connectivity index (χ1) is 18.2. The van der Waals surface area contributed by atoms with Gasteiger partial charge in [0.1, 0.15) is 0 Å². The van der Waals surface area contributed by atoms with E-state index in [2.05, 4.69) is 159 Å². The second kappa shape index (κ2) is 9.58. The van der Waals surface area contributed by atoms with Crippen LogP contribution in [0.3, 0.4) is 0 Å². The lowest BCUT2D eigenvalue weighted by Crippen LogP contribution is -2.66. The molecule has 6 rings (SSSR count). The zero-order chi connectivity index (χ0) is 25.2. The Morgan fingerprint density at radius 2 is 0.919 bits per heavy atom. The molecule has 0 heterocycles. The minimum absolute atomic E-state index is 1.12. The van der Waals surface area contributed by atoms with E-state index in [-0.39, 0.29) is 0 Å². The Morgan fingerprint density at radius 3 is 1.46 bits per heavy atom. The quantitative estimate of drug-likeness (QED) is 0.113. The molecule has 0 atom stereocenters. The van der Waals surface area contributed by atoms with Gasteiger partial charge in [-0.3, -0.25) is 0 Å². The first-order valence-electron chi connectivity index (χ1n) is 12.8. The van der Waals surface area contributed by atoms with Gasteiger partial charge in [-0.05, 0) is 56.5 Å². The van der Waals surface area contributed by atoms with Crippen molar-refractivity contribution in [2.45, 2.75) is 13.8 Å². The summed E-state index contributed by atoms with van der Waals surface area (Å²) in [5.74, 6) is 3.83. The summed E-state index contributed by atoms with van der Waals surface area (Å²) in [5.41, 5.74) is 7.71. The highest BCUT2D eigenvalue weighted by Gasteiger charge is 2.38. The van der Waals surface area contributed by atoms with Crippen LogP contribution in [-0.4, -0.2) is 8.07 Å².